The molecule has 0 bridgehead atoms. The molecule has 2 aromatic heterocycles. The Labute approximate surface area is 209 Å². The summed E-state index contributed by atoms with van der Waals surface area (Å²) in [6.45, 7) is 3.95. The Hall–Kier alpha value is -3.39. The van der Waals surface area contributed by atoms with Gasteiger partial charge in [0, 0.05) is 65.6 Å². The first kappa shape index (κ1) is 23.8. The smallest absolute Gasteiger partial charge is 0.227 e. The van der Waals surface area contributed by atoms with Crippen molar-refractivity contribution in [3.63, 3.8) is 0 Å². The van der Waals surface area contributed by atoms with E-state index in [1.54, 1.807) is 24.4 Å². The molecule has 2 aromatic carbocycles. The molecule has 0 radical (unpaired) electrons. The summed E-state index contributed by atoms with van der Waals surface area (Å²) in [5.41, 5.74) is 8.71. The van der Waals surface area contributed by atoms with Gasteiger partial charge in [-0.25, -0.2) is 15.0 Å². The van der Waals surface area contributed by atoms with Gasteiger partial charge in [0.1, 0.15) is 5.82 Å². The van der Waals surface area contributed by atoms with Crippen LogP contribution in [0.25, 0.3) is 11.3 Å². The maximum Gasteiger partial charge on any atom is 0.227 e. The van der Waals surface area contributed by atoms with Gasteiger partial charge in [0.15, 0.2) is 0 Å². The number of nitrogens with two attached hydrogens (primary N) is 1. The summed E-state index contributed by atoms with van der Waals surface area (Å²) in [7, 11) is 0. The Morgan fingerprint density at radius 2 is 1.65 bits per heavy atom. The number of anilines is 4. The molecule has 174 valence electrons. The van der Waals surface area contributed by atoms with Gasteiger partial charge in [-0.15, -0.1) is 0 Å². The molecule has 3 heterocycles. The highest BCUT2D eigenvalue weighted by Crippen LogP contribution is 2.22. The maximum atomic E-state index is 6.02. The van der Waals surface area contributed by atoms with E-state index in [2.05, 4.69) is 36.6 Å². The zero-order valence-corrected chi connectivity index (χ0v) is 20.0. The van der Waals surface area contributed by atoms with Gasteiger partial charge < -0.3 is 21.3 Å². The molecule has 0 saturated carbocycles. The zero-order valence-electron chi connectivity index (χ0n) is 18.5. The number of halogens is 2. The molecule has 0 amide bonds. The molecule has 1 fully saturated rings. The van der Waals surface area contributed by atoms with Crippen molar-refractivity contribution in [2.45, 2.75) is 0 Å². The van der Waals surface area contributed by atoms with Gasteiger partial charge in [-0.3, -0.25) is 0 Å². The van der Waals surface area contributed by atoms with E-state index in [9.17, 15) is 0 Å². The largest absolute Gasteiger partial charge is 0.399 e. The topological polar surface area (TPSA) is 92.0 Å². The van der Waals surface area contributed by atoms with Gasteiger partial charge >= 0.3 is 0 Å². The van der Waals surface area contributed by atoms with E-state index in [1.165, 1.54) is 0 Å². The lowest BCUT2D eigenvalue weighted by Gasteiger charge is -2.28. The third-order valence-corrected chi connectivity index (χ3v) is 5.54. The molecule has 9 heteroatoms. The Bertz CT molecular complexity index is 1190. The quantitative estimate of drug-likeness (QED) is 0.333. The Balaban J connectivity index is 0.000000291. The predicted molar refractivity (Wildman–Crippen MR) is 141 cm³/mol. The maximum absolute atomic E-state index is 6.02. The molecular formula is C25H25Cl2N7. The van der Waals surface area contributed by atoms with Gasteiger partial charge in [-0.2, -0.15) is 0 Å². The first-order chi connectivity index (χ1) is 16.6. The number of hydrogen-bond donors (Lipinski definition) is 3. The lowest BCUT2D eigenvalue weighted by Crippen LogP contribution is -2.43. The molecule has 1 aliphatic heterocycles. The molecule has 0 unspecified atom stereocenters. The Morgan fingerprint density at radius 1 is 0.882 bits per heavy atom. The molecule has 1 saturated heterocycles. The van der Waals surface area contributed by atoms with E-state index in [4.69, 9.17) is 28.9 Å². The van der Waals surface area contributed by atoms with Crippen molar-refractivity contribution in [1.82, 2.24) is 20.3 Å². The van der Waals surface area contributed by atoms with Crippen LogP contribution in [0.2, 0.25) is 10.0 Å². The molecule has 4 aromatic rings. The van der Waals surface area contributed by atoms with Crippen LogP contribution in [0.15, 0.2) is 79.1 Å². The van der Waals surface area contributed by atoms with Crippen LogP contribution < -0.4 is 21.3 Å². The molecule has 7 nitrogen and oxygen atoms in total. The fraction of sp³-hybridized carbons (Fsp3) is 0.160. The molecule has 0 spiro atoms. The molecule has 5 rings (SSSR count). The minimum Gasteiger partial charge on any atom is -0.399 e. The highest BCUT2D eigenvalue weighted by atomic mass is 35.5. The van der Waals surface area contributed by atoms with Crippen molar-refractivity contribution in [1.29, 1.82) is 0 Å². The van der Waals surface area contributed by atoms with Crippen molar-refractivity contribution < 1.29 is 0 Å². The fourth-order valence-corrected chi connectivity index (χ4v) is 3.79. The van der Waals surface area contributed by atoms with Gasteiger partial charge in [0.05, 0.1) is 5.69 Å². The van der Waals surface area contributed by atoms with Crippen LogP contribution >= 0.6 is 23.2 Å². The monoisotopic (exact) mass is 493 g/mol. The van der Waals surface area contributed by atoms with Crippen molar-refractivity contribution in [2.24, 2.45) is 0 Å². The number of nitrogen functional groups attached to an aromatic ring is 1. The second-order valence-electron chi connectivity index (χ2n) is 7.60. The highest BCUT2D eigenvalue weighted by Gasteiger charge is 2.12. The molecular weight excluding hydrogens is 469 g/mol. The molecule has 0 atom stereocenters. The van der Waals surface area contributed by atoms with Crippen LogP contribution in [0.5, 0.6) is 0 Å². The standard InChI is InChI=1S/C19H19ClN6.C6H6ClN/c20-15-2-1-3-16(12-15)24-19-22-7-6-17(25-19)14-4-5-18(23-13-14)26-10-8-21-9-11-26;7-5-2-1-3-6(8)4-5/h1-7,12-13,21H,8-11H2,(H,22,24,25);1-4H,8H2. The van der Waals surface area contributed by atoms with E-state index in [-0.39, 0.29) is 0 Å². The van der Waals surface area contributed by atoms with Crippen LogP contribution in [-0.2, 0) is 0 Å². The fourth-order valence-electron chi connectivity index (χ4n) is 3.40. The van der Waals surface area contributed by atoms with E-state index in [0.717, 1.165) is 48.9 Å². The molecule has 4 N–H and O–H groups in total. The van der Waals surface area contributed by atoms with E-state index < -0.39 is 0 Å². The highest BCUT2D eigenvalue weighted by molar-refractivity contribution is 6.31. The van der Waals surface area contributed by atoms with Crippen LogP contribution in [-0.4, -0.2) is 41.1 Å². The molecule has 1 aliphatic rings. The summed E-state index contributed by atoms with van der Waals surface area (Å²) in [5, 5.41) is 7.88. The van der Waals surface area contributed by atoms with Crippen LogP contribution in [0.3, 0.4) is 0 Å². The number of aromatic nitrogens is 3. The summed E-state index contributed by atoms with van der Waals surface area (Å²) in [4.78, 5) is 15.7. The third kappa shape index (κ3) is 6.81. The first-order valence-corrected chi connectivity index (χ1v) is 11.6. The average molecular weight is 494 g/mol. The number of nitrogens with zero attached hydrogens (tertiary/aromatic N) is 4. The lowest BCUT2D eigenvalue weighted by atomic mass is 10.2. The van der Waals surface area contributed by atoms with Gasteiger partial charge in [-0.05, 0) is 54.6 Å². The lowest BCUT2D eigenvalue weighted by molar-refractivity contribution is 0.585. The minimum atomic E-state index is 0.524. The van der Waals surface area contributed by atoms with Crippen molar-refractivity contribution in [3.05, 3.63) is 89.2 Å². The van der Waals surface area contributed by atoms with Crippen molar-refractivity contribution >= 4 is 46.3 Å². The number of nitrogens with one attached hydrogen (secondary N) is 2. The number of benzene rings is 2. The first-order valence-electron chi connectivity index (χ1n) is 10.9. The second-order valence-corrected chi connectivity index (χ2v) is 8.47. The van der Waals surface area contributed by atoms with Crippen molar-refractivity contribution in [2.75, 3.05) is 42.1 Å². The van der Waals surface area contributed by atoms with E-state index in [1.807, 2.05) is 48.7 Å². The summed E-state index contributed by atoms with van der Waals surface area (Å²) in [6, 6.07) is 20.6. The van der Waals surface area contributed by atoms with Gasteiger partial charge in [0.2, 0.25) is 5.95 Å². The summed E-state index contributed by atoms with van der Waals surface area (Å²) >= 11 is 11.6. The number of rotatable bonds is 4. The van der Waals surface area contributed by atoms with E-state index >= 15 is 0 Å². The minimum absolute atomic E-state index is 0.524. The predicted octanol–water partition coefficient (Wildman–Crippen LogP) is 5.27. The van der Waals surface area contributed by atoms with Crippen LogP contribution in [0, 0.1) is 0 Å². The number of piperazine rings is 1. The Morgan fingerprint density at radius 3 is 2.29 bits per heavy atom. The zero-order chi connectivity index (χ0) is 23.8. The number of hydrogen-bond acceptors (Lipinski definition) is 7. The Kier molecular flexibility index (Phi) is 8.14. The van der Waals surface area contributed by atoms with E-state index in [0.29, 0.717) is 21.7 Å². The molecule has 0 aliphatic carbocycles. The molecule has 34 heavy (non-hydrogen) atoms. The van der Waals surface area contributed by atoms with Gasteiger partial charge in [-0.1, -0.05) is 35.3 Å². The van der Waals surface area contributed by atoms with Gasteiger partial charge in [0.25, 0.3) is 0 Å². The summed E-state index contributed by atoms with van der Waals surface area (Å²) < 4.78 is 0. The third-order valence-electron chi connectivity index (χ3n) is 5.07. The normalized spacial score (nSPS) is 13.1. The SMILES string of the molecule is Clc1cccc(Nc2nccc(-c3ccc(N4CCNCC4)nc3)n2)c1.Nc1cccc(Cl)c1. The summed E-state index contributed by atoms with van der Waals surface area (Å²) in [5.74, 6) is 1.53. The second kappa shape index (κ2) is 11.7. The van der Waals surface area contributed by atoms with Crippen LogP contribution in [0.1, 0.15) is 0 Å². The van der Waals surface area contributed by atoms with Crippen LogP contribution in [0.4, 0.5) is 23.1 Å². The average Bonchev–Trinajstić information content (AvgIpc) is 2.85. The summed E-state index contributed by atoms with van der Waals surface area (Å²) in [6.07, 6.45) is 3.60. The number of pyridine rings is 1. The van der Waals surface area contributed by atoms with Crippen molar-refractivity contribution in [3.8, 4) is 11.3 Å².